The molecule has 0 spiro atoms. The molecule has 0 radical (unpaired) electrons. The van der Waals surface area contributed by atoms with Crippen LogP contribution >= 0.6 is 0 Å². The van der Waals surface area contributed by atoms with Crippen LogP contribution in [-0.2, 0) is 14.8 Å². The Morgan fingerprint density at radius 1 is 1.04 bits per heavy atom. The topological polar surface area (TPSA) is 83.6 Å². The smallest absolute Gasteiger partial charge is 0.243 e. The van der Waals surface area contributed by atoms with Gasteiger partial charge in [-0.05, 0) is 63.1 Å². The maximum atomic E-state index is 12.9. The lowest BCUT2D eigenvalue weighted by molar-refractivity contribution is -0.120. The van der Waals surface area contributed by atoms with Crippen LogP contribution in [0.2, 0.25) is 0 Å². The van der Waals surface area contributed by atoms with Crippen LogP contribution in [0.15, 0.2) is 53.4 Å². The lowest BCUT2D eigenvalue weighted by Crippen LogP contribution is -2.43. The summed E-state index contributed by atoms with van der Waals surface area (Å²) in [6.45, 7) is 3.96. The molecule has 148 valence electrons. The average Bonchev–Trinajstić information content (AvgIpc) is 2.69. The number of carbonyl (C=O) groups excluding carboxylic acids is 2. The molecule has 1 aliphatic rings. The highest BCUT2D eigenvalue weighted by atomic mass is 32.2. The first-order chi connectivity index (χ1) is 13.3. The molecule has 3 rings (SSSR count). The fraction of sp³-hybridized carbons (Fsp3) is 0.333. The molecule has 28 heavy (non-hydrogen) atoms. The summed E-state index contributed by atoms with van der Waals surface area (Å²) in [6, 6.07) is 13.4. The number of hydrogen-bond donors (Lipinski definition) is 1. The summed E-state index contributed by atoms with van der Waals surface area (Å²) >= 11 is 0. The molecule has 1 heterocycles. The van der Waals surface area contributed by atoms with Crippen LogP contribution < -0.4 is 5.32 Å². The Kier molecular flexibility index (Phi) is 5.96. The maximum absolute atomic E-state index is 12.9. The van der Waals surface area contributed by atoms with Crippen molar-refractivity contribution < 1.29 is 18.0 Å². The van der Waals surface area contributed by atoms with E-state index in [4.69, 9.17) is 0 Å². The van der Waals surface area contributed by atoms with Gasteiger partial charge in [-0.2, -0.15) is 4.31 Å². The van der Waals surface area contributed by atoms with Crippen molar-refractivity contribution in [1.82, 2.24) is 4.31 Å². The third-order valence-corrected chi connectivity index (χ3v) is 6.85. The number of amides is 1. The van der Waals surface area contributed by atoms with Gasteiger partial charge in [0.15, 0.2) is 5.78 Å². The number of benzene rings is 2. The van der Waals surface area contributed by atoms with Gasteiger partial charge < -0.3 is 5.32 Å². The van der Waals surface area contributed by atoms with E-state index < -0.39 is 15.9 Å². The van der Waals surface area contributed by atoms with Gasteiger partial charge in [0.2, 0.25) is 15.9 Å². The predicted octanol–water partition coefficient (Wildman–Crippen LogP) is 3.24. The van der Waals surface area contributed by atoms with Gasteiger partial charge in [0.05, 0.1) is 10.8 Å². The number of Topliss-reactive ketones (excluding diaryl/α,β-unsaturated/α-hetero) is 1. The zero-order valence-electron chi connectivity index (χ0n) is 16.0. The second-order valence-corrected chi connectivity index (χ2v) is 9.08. The molecule has 1 N–H and O–H groups in total. The second-order valence-electron chi connectivity index (χ2n) is 7.14. The highest BCUT2D eigenvalue weighted by Gasteiger charge is 2.33. The fourth-order valence-corrected chi connectivity index (χ4v) is 4.79. The van der Waals surface area contributed by atoms with Crippen molar-refractivity contribution >= 4 is 27.4 Å². The zero-order chi connectivity index (χ0) is 20.3. The van der Waals surface area contributed by atoms with Gasteiger partial charge >= 0.3 is 0 Å². The number of anilines is 1. The first kappa shape index (κ1) is 20.2. The van der Waals surface area contributed by atoms with Gasteiger partial charge in [-0.3, -0.25) is 9.59 Å². The molecule has 6 nitrogen and oxygen atoms in total. The summed E-state index contributed by atoms with van der Waals surface area (Å²) in [5.74, 6) is -0.664. The molecular formula is C21H24N2O4S. The summed E-state index contributed by atoms with van der Waals surface area (Å²) in [5, 5.41) is 2.83. The summed E-state index contributed by atoms with van der Waals surface area (Å²) in [6.07, 6.45) is 1.27. The Bertz CT molecular complexity index is 966. The van der Waals surface area contributed by atoms with Crippen LogP contribution in [0.3, 0.4) is 0 Å². The van der Waals surface area contributed by atoms with Crippen LogP contribution in [0.25, 0.3) is 0 Å². The lowest BCUT2D eigenvalue weighted by Gasteiger charge is -2.31. The number of sulfonamides is 1. The van der Waals surface area contributed by atoms with Crippen LogP contribution in [0.4, 0.5) is 5.69 Å². The van der Waals surface area contributed by atoms with Crippen molar-refractivity contribution in [2.24, 2.45) is 5.92 Å². The van der Waals surface area contributed by atoms with Crippen molar-refractivity contribution in [3.05, 3.63) is 59.7 Å². The largest absolute Gasteiger partial charge is 0.326 e. The van der Waals surface area contributed by atoms with Crippen molar-refractivity contribution in [2.45, 2.75) is 31.6 Å². The van der Waals surface area contributed by atoms with E-state index in [0.717, 1.165) is 5.56 Å². The van der Waals surface area contributed by atoms with Crippen LogP contribution in [-0.4, -0.2) is 37.5 Å². The van der Waals surface area contributed by atoms with Gasteiger partial charge in [-0.25, -0.2) is 8.42 Å². The van der Waals surface area contributed by atoms with Gasteiger partial charge in [0.25, 0.3) is 0 Å². The first-order valence-corrected chi connectivity index (χ1v) is 10.7. The van der Waals surface area contributed by atoms with E-state index in [-0.39, 0.29) is 23.1 Å². The normalized spacial score (nSPS) is 17.9. The Balaban J connectivity index is 1.69. The molecule has 0 bridgehead atoms. The molecule has 1 saturated heterocycles. The quantitative estimate of drug-likeness (QED) is 0.781. The summed E-state index contributed by atoms with van der Waals surface area (Å²) < 4.78 is 27.2. The van der Waals surface area contributed by atoms with E-state index in [1.807, 2.05) is 6.92 Å². The summed E-state index contributed by atoms with van der Waals surface area (Å²) in [7, 11) is -3.62. The number of carbonyl (C=O) groups is 2. The fourth-order valence-electron chi connectivity index (χ4n) is 3.27. The molecule has 1 amide bonds. The number of hydrogen-bond acceptors (Lipinski definition) is 4. The monoisotopic (exact) mass is 400 g/mol. The SMILES string of the molecule is CC(=O)c1ccc(NC(=O)C2CCCN(S(=O)(=O)c3ccc(C)cc3)C2)cc1. The van der Waals surface area contributed by atoms with Crippen LogP contribution in [0, 0.1) is 12.8 Å². The van der Waals surface area contributed by atoms with E-state index in [1.54, 1.807) is 48.5 Å². The molecular weight excluding hydrogens is 376 g/mol. The van der Waals surface area contributed by atoms with E-state index in [9.17, 15) is 18.0 Å². The van der Waals surface area contributed by atoms with Gasteiger partial charge in [0, 0.05) is 24.3 Å². The Hall–Kier alpha value is -2.51. The Morgan fingerprint density at radius 3 is 2.29 bits per heavy atom. The van der Waals surface area contributed by atoms with Crippen molar-refractivity contribution in [1.29, 1.82) is 0 Å². The molecule has 1 fully saturated rings. The van der Waals surface area contributed by atoms with Crippen molar-refractivity contribution in [3.63, 3.8) is 0 Å². The first-order valence-electron chi connectivity index (χ1n) is 9.26. The molecule has 0 aliphatic carbocycles. The van der Waals surface area contributed by atoms with E-state index in [0.29, 0.717) is 30.6 Å². The minimum absolute atomic E-state index is 0.0397. The highest BCUT2D eigenvalue weighted by molar-refractivity contribution is 7.89. The summed E-state index contributed by atoms with van der Waals surface area (Å²) in [5.41, 5.74) is 2.16. The molecule has 1 aliphatic heterocycles. The maximum Gasteiger partial charge on any atom is 0.243 e. The zero-order valence-corrected chi connectivity index (χ0v) is 16.8. The molecule has 2 aromatic carbocycles. The number of nitrogens with zero attached hydrogens (tertiary/aromatic N) is 1. The van der Waals surface area contributed by atoms with E-state index >= 15 is 0 Å². The van der Waals surface area contributed by atoms with Gasteiger partial charge in [0.1, 0.15) is 0 Å². The predicted molar refractivity (Wildman–Crippen MR) is 108 cm³/mol. The number of rotatable bonds is 5. The highest BCUT2D eigenvalue weighted by Crippen LogP contribution is 2.25. The van der Waals surface area contributed by atoms with Gasteiger partial charge in [-0.15, -0.1) is 0 Å². The average molecular weight is 401 g/mol. The molecule has 0 aromatic heterocycles. The third-order valence-electron chi connectivity index (χ3n) is 4.97. The Labute approximate surface area is 165 Å². The number of aryl methyl sites for hydroxylation is 1. The minimum Gasteiger partial charge on any atom is -0.326 e. The van der Waals surface area contributed by atoms with E-state index in [2.05, 4.69) is 5.32 Å². The molecule has 1 atom stereocenters. The minimum atomic E-state index is -3.62. The Morgan fingerprint density at radius 2 is 1.68 bits per heavy atom. The molecule has 1 unspecified atom stereocenters. The van der Waals surface area contributed by atoms with Gasteiger partial charge in [-0.1, -0.05) is 17.7 Å². The number of nitrogens with one attached hydrogen (secondary N) is 1. The van der Waals surface area contributed by atoms with Crippen molar-refractivity contribution in [3.8, 4) is 0 Å². The number of ketones is 1. The molecule has 2 aromatic rings. The molecule has 0 saturated carbocycles. The standard InChI is InChI=1S/C21H24N2O4S/c1-15-5-11-20(12-6-15)28(26,27)23-13-3-4-18(14-23)21(25)22-19-9-7-17(8-10-19)16(2)24/h5-12,18H,3-4,13-14H2,1-2H3,(H,22,25). The van der Waals surface area contributed by atoms with Crippen LogP contribution in [0.5, 0.6) is 0 Å². The van der Waals surface area contributed by atoms with E-state index in [1.165, 1.54) is 11.2 Å². The van der Waals surface area contributed by atoms with Crippen LogP contribution in [0.1, 0.15) is 35.7 Å². The third kappa shape index (κ3) is 4.48. The van der Waals surface area contributed by atoms with Crippen molar-refractivity contribution in [2.75, 3.05) is 18.4 Å². The lowest BCUT2D eigenvalue weighted by atomic mass is 9.98. The molecule has 7 heteroatoms. The summed E-state index contributed by atoms with van der Waals surface area (Å²) in [4.78, 5) is 24.2. The second kappa shape index (κ2) is 8.24. The number of piperidine rings is 1.